The zero-order valence-corrected chi connectivity index (χ0v) is 23.9. The smallest absolute Gasteiger partial charge is 0.255 e. The second-order valence-electron chi connectivity index (χ2n) is 9.70. The first-order valence-corrected chi connectivity index (χ1v) is 14.0. The van der Waals surface area contributed by atoms with Gasteiger partial charge in [-0.15, -0.1) is 0 Å². The van der Waals surface area contributed by atoms with Crippen molar-refractivity contribution in [2.24, 2.45) is 5.92 Å². The van der Waals surface area contributed by atoms with E-state index >= 15 is 0 Å². The topological polar surface area (TPSA) is 70.7 Å². The summed E-state index contributed by atoms with van der Waals surface area (Å²) in [5.74, 6) is 0.496. The van der Waals surface area contributed by atoms with Gasteiger partial charge in [0.15, 0.2) is 0 Å². The van der Waals surface area contributed by atoms with Crippen LogP contribution in [0.3, 0.4) is 0 Å². The zero-order valence-electron chi connectivity index (χ0n) is 23.9. The first-order valence-electron chi connectivity index (χ1n) is 14.0. The van der Waals surface area contributed by atoms with E-state index in [1.54, 1.807) is 19.2 Å². The van der Waals surface area contributed by atoms with Crippen molar-refractivity contribution in [2.75, 3.05) is 19.0 Å². The molecule has 1 heterocycles. The number of unbranched alkanes of at least 4 members (excludes halogenated alkanes) is 1. The molecule has 2 amide bonds. The molecule has 2 aromatic carbocycles. The number of ether oxygens (including phenoxy) is 1. The van der Waals surface area contributed by atoms with E-state index in [9.17, 15) is 9.59 Å². The fourth-order valence-electron chi connectivity index (χ4n) is 4.23. The summed E-state index contributed by atoms with van der Waals surface area (Å²) in [6.45, 7) is 14.3. The molecule has 6 heteroatoms. The van der Waals surface area contributed by atoms with Crippen LogP contribution in [0.25, 0.3) is 0 Å². The lowest BCUT2D eigenvalue weighted by atomic mass is 10.1. The van der Waals surface area contributed by atoms with E-state index in [1.165, 1.54) is 18.4 Å². The second kappa shape index (κ2) is 15.4. The molecule has 2 aromatic rings. The summed E-state index contributed by atoms with van der Waals surface area (Å²) >= 11 is 0. The number of rotatable bonds is 8. The molecule has 0 aromatic heterocycles. The Morgan fingerprint density at radius 1 is 1.03 bits per heavy atom. The van der Waals surface area contributed by atoms with Crippen LogP contribution in [0, 0.1) is 12.8 Å². The number of nitrogens with one attached hydrogen (secondary N) is 2. The number of hydrogen-bond donors (Lipinski definition) is 2. The zero-order chi connectivity index (χ0) is 27.4. The molecule has 1 aliphatic heterocycles. The molecule has 1 aliphatic carbocycles. The molecule has 1 saturated carbocycles. The summed E-state index contributed by atoms with van der Waals surface area (Å²) in [5.41, 5.74) is 3.33. The van der Waals surface area contributed by atoms with Gasteiger partial charge in [0.1, 0.15) is 5.75 Å². The van der Waals surface area contributed by atoms with E-state index in [0.29, 0.717) is 17.0 Å². The quantitative estimate of drug-likeness (QED) is 0.422. The van der Waals surface area contributed by atoms with Crippen LogP contribution in [0.2, 0.25) is 0 Å². The maximum atomic E-state index is 13.1. The Labute approximate surface area is 224 Å². The number of anilines is 1. The van der Waals surface area contributed by atoms with Crippen LogP contribution in [-0.2, 0) is 11.3 Å². The van der Waals surface area contributed by atoms with Gasteiger partial charge >= 0.3 is 0 Å². The van der Waals surface area contributed by atoms with Crippen LogP contribution in [0.4, 0.5) is 5.69 Å². The monoisotopic (exact) mass is 509 g/mol. The van der Waals surface area contributed by atoms with Crippen LogP contribution in [-0.4, -0.2) is 42.5 Å². The molecular formula is C31H47N3O3. The van der Waals surface area contributed by atoms with E-state index in [0.717, 1.165) is 37.9 Å². The summed E-state index contributed by atoms with van der Waals surface area (Å²) < 4.78 is 5.49. The lowest BCUT2D eigenvalue weighted by Crippen LogP contribution is -2.43. The van der Waals surface area contributed by atoms with Crippen LogP contribution in [0.1, 0.15) is 88.2 Å². The minimum atomic E-state index is -0.140. The number of benzene rings is 2. The van der Waals surface area contributed by atoms with Crippen LogP contribution in [0.15, 0.2) is 42.5 Å². The van der Waals surface area contributed by atoms with Gasteiger partial charge in [-0.05, 0) is 50.3 Å². The van der Waals surface area contributed by atoms with Crippen molar-refractivity contribution in [2.45, 2.75) is 92.3 Å². The van der Waals surface area contributed by atoms with Crippen molar-refractivity contribution in [1.82, 2.24) is 10.2 Å². The Balaban J connectivity index is 0.000000733. The molecule has 2 aliphatic rings. The molecule has 0 spiro atoms. The average molecular weight is 510 g/mol. The summed E-state index contributed by atoms with van der Waals surface area (Å²) in [4.78, 5) is 27.6. The molecule has 37 heavy (non-hydrogen) atoms. The summed E-state index contributed by atoms with van der Waals surface area (Å²) in [5, 5.41) is 6.17. The van der Waals surface area contributed by atoms with Gasteiger partial charge in [0.05, 0.1) is 12.7 Å². The fourth-order valence-corrected chi connectivity index (χ4v) is 4.23. The van der Waals surface area contributed by atoms with Crippen molar-refractivity contribution in [1.29, 1.82) is 0 Å². The Morgan fingerprint density at radius 3 is 2.24 bits per heavy atom. The summed E-state index contributed by atoms with van der Waals surface area (Å²) in [6.07, 6.45) is 5.45. The van der Waals surface area contributed by atoms with E-state index in [2.05, 4.69) is 60.6 Å². The Bertz CT molecular complexity index is 987. The van der Waals surface area contributed by atoms with Gasteiger partial charge in [-0.3, -0.25) is 14.5 Å². The van der Waals surface area contributed by atoms with Gasteiger partial charge in [0.25, 0.3) is 5.91 Å². The molecule has 1 saturated heterocycles. The summed E-state index contributed by atoms with van der Waals surface area (Å²) in [6, 6.07) is 14.3. The molecular weight excluding hydrogens is 462 g/mol. The van der Waals surface area contributed by atoms with Gasteiger partial charge < -0.3 is 15.4 Å². The number of aryl methyl sites for hydroxylation is 1. The van der Waals surface area contributed by atoms with Crippen molar-refractivity contribution in [3.05, 3.63) is 59.2 Å². The molecule has 2 N–H and O–H groups in total. The highest BCUT2D eigenvalue weighted by molar-refractivity contribution is 6.00. The normalized spacial score (nSPS) is 18.6. The number of likely N-dealkylation sites (tertiary alicyclic amines) is 1. The lowest BCUT2D eigenvalue weighted by molar-refractivity contribution is -0.117. The third-order valence-corrected chi connectivity index (χ3v) is 6.93. The van der Waals surface area contributed by atoms with Crippen molar-refractivity contribution >= 4 is 17.5 Å². The van der Waals surface area contributed by atoms with E-state index in [1.807, 2.05) is 26.8 Å². The first kappa shape index (κ1) is 30.4. The molecule has 2 fully saturated rings. The number of methoxy groups -OCH3 is 1. The first-order chi connectivity index (χ1) is 17.9. The molecule has 6 nitrogen and oxygen atoms in total. The van der Waals surface area contributed by atoms with Crippen LogP contribution in [0.5, 0.6) is 5.75 Å². The number of carbonyl (C=O) groups excluding carboxylic acids is 2. The standard InChI is InChI=1S/C25H31N3O3.C4H10.C2H6/c1-16-13-20(23(31-3)14-22(16)27-24(29)19-9-10-19)25(30)26-21-11-12-28(17(21)2)15-18-7-5-4-6-8-18;1-3-4-2;1-2/h4-8,13-14,17,19,21H,9-12,15H2,1-3H3,(H,26,30)(H,27,29);3-4H2,1-2H3;1-2H3. The number of carbonyl (C=O) groups is 2. The summed E-state index contributed by atoms with van der Waals surface area (Å²) in [7, 11) is 1.55. The molecule has 2 atom stereocenters. The predicted octanol–water partition coefficient (Wildman–Crippen LogP) is 6.58. The van der Waals surface area contributed by atoms with Crippen molar-refractivity contribution in [3.8, 4) is 5.75 Å². The SMILES string of the molecule is CC.CCCC.COc1cc(NC(=O)C2CC2)c(C)cc1C(=O)NC1CCN(Cc2ccccc2)C1C. The maximum absolute atomic E-state index is 13.1. The van der Waals surface area contributed by atoms with E-state index in [-0.39, 0.29) is 29.8 Å². The number of nitrogens with zero attached hydrogens (tertiary/aromatic N) is 1. The second-order valence-corrected chi connectivity index (χ2v) is 9.70. The fraction of sp³-hybridized carbons (Fsp3) is 0.548. The minimum absolute atomic E-state index is 0.0423. The average Bonchev–Trinajstić information content (AvgIpc) is 3.73. The van der Waals surface area contributed by atoms with Crippen molar-refractivity contribution in [3.63, 3.8) is 0 Å². The number of amides is 2. The number of hydrogen-bond acceptors (Lipinski definition) is 4. The van der Waals surface area contributed by atoms with Crippen molar-refractivity contribution < 1.29 is 14.3 Å². The molecule has 2 unspecified atom stereocenters. The van der Waals surface area contributed by atoms with Gasteiger partial charge in [-0.2, -0.15) is 0 Å². The Morgan fingerprint density at radius 2 is 1.68 bits per heavy atom. The third kappa shape index (κ3) is 8.89. The lowest BCUT2D eigenvalue weighted by Gasteiger charge is -2.25. The molecule has 4 rings (SSSR count). The highest BCUT2D eigenvalue weighted by atomic mass is 16.5. The highest BCUT2D eigenvalue weighted by Crippen LogP contribution is 2.33. The van der Waals surface area contributed by atoms with Gasteiger partial charge in [-0.25, -0.2) is 0 Å². The Kier molecular flexibility index (Phi) is 12.6. The van der Waals surface area contributed by atoms with E-state index in [4.69, 9.17) is 4.74 Å². The molecule has 204 valence electrons. The maximum Gasteiger partial charge on any atom is 0.255 e. The molecule has 0 bridgehead atoms. The van der Waals surface area contributed by atoms with Gasteiger partial charge in [0, 0.05) is 42.8 Å². The van der Waals surface area contributed by atoms with Gasteiger partial charge in [0.2, 0.25) is 5.91 Å². The molecule has 0 radical (unpaired) electrons. The van der Waals surface area contributed by atoms with Gasteiger partial charge in [-0.1, -0.05) is 70.9 Å². The third-order valence-electron chi connectivity index (χ3n) is 6.93. The predicted molar refractivity (Wildman–Crippen MR) is 153 cm³/mol. The van der Waals surface area contributed by atoms with Crippen LogP contribution >= 0.6 is 0 Å². The minimum Gasteiger partial charge on any atom is -0.496 e. The van der Waals surface area contributed by atoms with E-state index < -0.39 is 0 Å². The highest BCUT2D eigenvalue weighted by Gasteiger charge is 2.33. The Hall–Kier alpha value is -2.86. The largest absolute Gasteiger partial charge is 0.496 e. The van der Waals surface area contributed by atoms with Crippen LogP contribution < -0.4 is 15.4 Å².